The Labute approximate surface area is 181 Å². The van der Waals surface area contributed by atoms with Crippen LogP contribution in [0.1, 0.15) is 44.7 Å². The summed E-state index contributed by atoms with van der Waals surface area (Å²) < 4.78 is 4.42. The number of carbonyl (C=O) groups is 2. The second kappa shape index (κ2) is 9.00. The lowest BCUT2D eigenvalue weighted by Crippen LogP contribution is -2.09. The van der Waals surface area contributed by atoms with Gasteiger partial charge in [0.1, 0.15) is 0 Å². The zero-order valence-corrected chi connectivity index (χ0v) is 17.4. The number of benzene rings is 4. The van der Waals surface area contributed by atoms with Crippen molar-refractivity contribution >= 4 is 33.5 Å². The summed E-state index contributed by atoms with van der Waals surface area (Å²) in [5.74, 6) is -1.78. The molecule has 0 bridgehead atoms. The van der Waals surface area contributed by atoms with E-state index in [2.05, 4.69) is 53.3 Å². The minimum absolute atomic E-state index is 0.0469. The first-order valence-electron chi connectivity index (χ1n) is 10.4. The largest absolute Gasteiger partial charge is 0.478 e. The van der Waals surface area contributed by atoms with Crippen molar-refractivity contribution in [1.82, 2.24) is 0 Å². The molecule has 0 amide bonds. The smallest absolute Gasteiger partial charge is 0.338 e. The van der Waals surface area contributed by atoms with Gasteiger partial charge in [-0.3, -0.25) is 0 Å². The molecule has 0 saturated carbocycles. The molecule has 5 rings (SSSR count). The summed E-state index contributed by atoms with van der Waals surface area (Å²) in [6.45, 7) is 0. The van der Waals surface area contributed by atoms with Gasteiger partial charge in [0.05, 0.1) is 18.2 Å². The third-order valence-corrected chi connectivity index (χ3v) is 5.82. The van der Waals surface area contributed by atoms with Crippen molar-refractivity contribution in [3.05, 3.63) is 95.1 Å². The Bertz CT molecular complexity index is 1270. The van der Waals surface area contributed by atoms with E-state index in [9.17, 15) is 9.59 Å². The molecule has 156 valence electrons. The number of aryl methyl sites for hydroxylation is 2. The van der Waals surface area contributed by atoms with Crippen molar-refractivity contribution in [2.24, 2.45) is 0 Å². The molecule has 0 heterocycles. The molecule has 0 aliphatic heterocycles. The first-order chi connectivity index (χ1) is 15.1. The van der Waals surface area contributed by atoms with Gasteiger partial charge in [-0.1, -0.05) is 60.7 Å². The van der Waals surface area contributed by atoms with E-state index in [4.69, 9.17) is 5.11 Å². The van der Waals surface area contributed by atoms with E-state index in [0.29, 0.717) is 0 Å². The zero-order chi connectivity index (χ0) is 21.8. The fraction of sp³-hybridized carbons (Fsp3) is 0.185. The molecule has 0 spiro atoms. The molecule has 1 aliphatic carbocycles. The molecule has 1 N–H and O–H groups in total. The van der Waals surface area contributed by atoms with Gasteiger partial charge in [-0.2, -0.15) is 0 Å². The number of hydrogen-bond donors (Lipinski definition) is 1. The van der Waals surface area contributed by atoms with Crippen molar-refractivity contribution in [3.63, 3.8) is 0 Å². The van der Waals surface area contributed by atoms with Gasteiger partial charge in [-0.05, 0) is 70.5 Å². The minimum Gasteiger partial charge on any atom is -0.478 e. The lowest BCUT2D eigenvalue weighted by Gasteiger charge is -2.18. The molecule has 4 aromatic rings. The topological polar surface area (TPSA) is 63.6 Å². The van der Waals surface area contributed by atoms with E-state index < -0.39 is 11.9 Å². The predicted molar refractivity (Wildman–Crippen MR) is 123 cm³/mol. The Hall–Kier alpha value is -3.66. The quantitative estimate of drug-likeness (QED) is 0.322. The predicted octanol–water partition coefficient (Wildman–Crippen LogP) is 6.04. The maximum Gasteiger partial charge on any atom is 0.338 e. The highest BCUT2D eigenvalue weighted by atomic mass is 16.5. The summed E-state index contributed by atoms with van der Waals surface area (Å²) in [5, 5.41) is 14.3. The number of esters is 1. The monoisotopic (exact) mass is 412 g/mol. The van der Waals surface area contributed by atoms with E-state index >= 15 is 0 Å². The van der Waals surface area contributed by atoms with Crippen LogP contribution < -0.4 is 0 Å². The zero-order valence-electron chi connectivity index (χ0n) is 17.4. The number of aromatic carboxylic acids is 1. The number of hydrogen-bond acceptors (Lipinski definition) is 3. The van der Waals surface area contributed by atoms with Crippen molar-refractivity contribution in [2.45, 2.75) is 25.7 Å². The number of fused-ring (bicyclic) bond motifs is 5. The summed E-state index contributed by atoms with van der Waals surface area (Å²) >= 11 is 0. The van der Waals surface area contributed by atoms with Crippen LogP contribution in [0.4, 0.5) is 0 Å². The Morgan fingerprint density at radius 3 is 2.19 bits per heavy atom. The maximum absolute atomic E-state index is 11.1. The second-order valence-corrected chi connectivity index (χ2v) is 7.63. The van der Waals surface area contributed by atoms with Crippen molar-refractivity contribution in [2.75, 3.05) is 7.11 Å². The Balaban J connectivity index is 0.000000159. The molecule has 31 heavy (non-hydrogen) atoms. The van der Waals surface area contributed by atoms with Gasteiger partial charge in [-0.25, -0.2) is 9.59 Å². The van der Waals surface area contributed by atoms with E-state index in [-0.39, 0.29) is 11.1 Å². The summed E-state index contributed by atoms with van der Waals surface area (Å²) in [7, 11) is 1.21. The number of carbonyl (C=O) groups excluding carboxylic acids is 1. The Morgan fingerprint density at radius 1 is 0.742 bits per heavy atom. The van der Waals surface area contributed by atoms with Crippen LogP contribution in [0, 0.1) is 0 Å². The summed E-state index contributed by atoms with van der Waals surface area (Å²) in [5.41, 5.74) is 3.19. The SMILES string of the molecule is COC(=O)c1ccccc1C(=O)O.c1ccc2c(c1)ccc1c3c(ccc12)CCCC3. The highest BCUT2D eigenvalue weighted by molar-refractivity contribution is 6.08. The molecule has 1 aliphatic rings. The molecule has 4 aromatic carbocycles. The third kappa shape index (κ3) is 4.15. The van der Waals surface area contributed by atoms with Crippen LogP contribution in [0.3, 0.4) is 0 Å². The van der Waals surface area contributed by atoms with Gasteiger partial charge in [0.25, 0.3) is 0 Å². The number of rotatable bonds is 2. The van der Waals surface area contributed by atoms with E-state index in [1.165, 1.54) is 66.5 Å². The van der Waals surface area contributed by atoms with Gasteiger partial charge in [0.2, 0.25) is 0 Å². The van der Waals surface area contributed by atoms with Gasteiger partial charge in [0, 0.05) is 0 Å². The van der Waals surface area contributed by atoms with Crippen molar-refractivity contribution < 1.29 is 19.4 Å². The van der Waals surface area contributed by atoms with E-state index in [0.717, 1.165) is 0 Å². The second-order valence-electron chi connectivity index (χ2n) is 7.63. The molecule has 0 saturated heterocycles. The highest BCUT2D eigenvalue weighted by Gasteiger charge is 2.15. The molecule has 0 radical (unpaired) electrons. The normalized spacial score (nSPS) is 12.5. The van der Waals surface area contributed by atoms with Crippen LogP contribution in [0.15, 0.2) is 72.8 Å². The maximum atomic E-state index is 11.1. The van der Waals surface area contributed by atoms with Crippen LogP contribution in [0.25, 0.3) is 21.5 Å². The molecule has 0 unspecified atom stereocenters. The van der Waals surface area contributed by atoms with E-state index in [1.807, 2.05) is 0 Å². The number of carboxylic acid groups (broad SMARTS) is 1. The van der Waals surface area contributed by atoms with Crippen LogP contribution in [-0.2, 0) is 17.6 Å². The van der Waals surface area contributed by atoms with Gasteiger partial charge in [-0.15, -0.1) is 0 Å². The van der Waals surface area contributed by atoms with Crippen LogP contribution in [0.2, 0.25) is 0 Å². The van der Waals surface area contributed by atoms with Crippen LogP contribution in [0.5, 0.6) is 0 Å². The lowest BCUT2D eigenvalue weighted by atomic mass is 9.86. The molecule has 4 heteroatoms. The van der Waals surface area contributed by atoms with Crippen LogP contribution in [-0.4, -0.2) is 24.2 Å². The first kappa shape index (κ1) is 20.6. The van der Waals surface area contributed by atoms with Gasteiger partial charge >= 0.3 is 11.9 Å². The summed E-state index contributed by atoms with van der Waals surface area (Å²) in [6.07, 6.45) is 5.22. The van der Waals surface area contributed by atoms with Gasteiger partial charge < -0.3 is 9.84 Å². The highest BCUT2D eigenvalue weighted by Crippen LogP contribution is 2.33. The molecular weight excluding hydrogens is 388 g/mol. The fourth-order valence-corrected chi connectivity index (χ4v) is 4.30. The standard InChI is InChI=1S/C18H16.C9H8O4/c1-3-7-15-13(5-1)9-11-18-16-8-4-2-6-14(16)10-12-17(15)18;1-13-9(12)7-5-3-2-4-6(7)8(10)11/h1,3,5,7,9-12H,2,4,6,8H2;2-5H,1H3,(H,10,11). The number of carboxylic acids is 1. The van der Waals surface area contributed by atoms with Crippen LogP contribution >= 0.6 is 0 Å². The molecule has 0 fully saturated rings. The first-order valence-corrected chi connectivity index (χ1v) is 10.4. The van der Waals surface area contributed by atoms with Crippen molar-refractivity contribution in [3.8, 4) is 0 Å². The van der Waals surface area contributed by atoms with E-state index in [1.54, 1.807) is 23.3 Å². The average molecular weight is 412 g/mol. The number of ether oxygens (including phenoxy) is 1. The minimum atomic E-state index is -1.14. The molecule has 4 nitrogen and oxygen atoms in total. The number of methoxy groups -OCH3 is 1. The third-order valence-electron chi connectivity index (χ3n) is 5.82. The lowest BCUT2D eigenvalue weighted by molar-refractivity contribution is 0.0582. The summed E-state index contributed by atoms with van der Waals surface area (Å²) in [4.78, 5) is 21.7. The summed E-state index contributed by atoms with van der Waals surface area (Å²) in [6, 6.07) is 23.9. The average Bonchev–Trinajstić information content (AvgIpc) is 2.83. The van der Waals surface area contributed by atoms with Gasteiger partial charge in [0.15, 0.2) is 0 Å². The molecule has 0 aromatic heterocycles. The Morgan fingerprint density at radius 2 is 1.42 bits per heavy atom. The Kier molecular flexibility index (Phi) is 5.99. The molecular formula is C27H24O4. The van der Waals surface area contributed by atoms with Crippen molar-refractivity contribution in [1.29, 1.82) is 0 Å². The molecule has 0 atom stereocenters. The fourth-order valence-electron chi connectivity index (χ4n) is 4.30.